The monoisotopic (exact) mass is 271 g/mol. The molecular formula is C10H10Cl2F3N. The molecule has 0 aliphatic carbocycles. The van der Waals surface area contributed by atoms with Crippen LogP contribution >= 0.6 is 23.2 Å². The molecule has 0 aromatic heterocycles. The van der Waals surface area contributed by atoms with Crippen LogP contribution in [0.3, 0.4) is 0 Å². The lowest BCUT2D eigenvalue weighted by atomic mass is 9.99. The van der Waals surface area contributed by atoms with Crippen LogP contribution in [0.1, 0.15) is 5.56 Å². The minimum atomic E-state index is -4.29. The average molecular weight is 272 g/mol. The van der Waals surface area contributed by atoms with Crippen molar-refractivity contribution in [3.05, 3.63) is 33.8 Å². The molecule has 1 atom stereocenters. The molecule has 0 fully saturated rings. The molecular weight excluding hydrogens is 262 g/mol. The zero-order valence-corrected chi connectivity index (χ0v) is 9.70. The Morgan fingerprint density at radius 2 is 1.81 bits per heavy atom. The van der Waals surface area contributed by atoms with E-state index in [-0.39, 0.29) is 11.4 Å². The van der Waals surface area contributed by atoms with Crippen LogP contribution < -0.4 is 5.73 Å². The zero-order chi connectivity index (χ0) is 12.3. The molecule has 6 heteroatoms. The SMILES string of the molecule is NCC(Cc1ccc(Cl)c(Cl)c1)C(F)(F)F. The topological polar surface area (TPSA) is 26.0 Å². The highest BCUT2D eigenvalue weighted by molar-refractivity contribution is 6.42. The first kappa shape index (κ1) is 13.6. The van der Waals surface area contributed by atoms with Gasteiger partial charge >= 0.3 is 6.18 Å². The number of nitrogens with two attached hydrogens (primary N) is 1. The van der Waals surface area contributed by atoms with Gasteiger partial charge in [0, 0.05) is 6.54 Å². The fraction of sp³-hybridized carbons (Fsp3) is 0.400. The van der Waals surface area contributed by atoms with E-state index in [1.807, 2.05) is 0 Å². The van der Waals surface area contributed by atoms with Crippen LogP contribution in [0.25, 0.3) is 0 Å². The van der Waals surface area contributed by atoms with Crippen molar-refractivity contribution in [2.24, 2.45) is 11.7 Å². The Kier molecular flexibility index (Phi) is 4.47. The van der Waals surface area contributed by atoms with E-state index in [0.717, 1.165) is 0 Å². The highest BCUT2D eigenvalue weighted by Gasteiger charge is 2.38. The third-order valence-electron chi connectivity index (χ3n) is 2.21. The van der Waals surface area contributed by atoms with Crippen molar-refractivity contribution in [2.75, 3.05) is 6.54 Å². The van der Waals surface area contributed by atoms with Crippen LogP contribution in [-0.4, -0.2) is 12.7 Å². The summed E-state index contributed by atoms with van der Waals surface area (Å²) < 4.78 is 37.3. The summed E-state index contributed by atoms with van der Waals surface area (Å²) in [5, 5.41) is 0.568. The van der Waals surface area contributed by atoms with Crippen molar-refractivity contribution < 1.29 is 13.2 Å². The van der Waals surface area contributed by atoms with Gasteiger partial charge in [0.1, 0.15) is 0 Å². The van der Waals surface area contributed by atoms with Crippen LogP contribution in [0, 0.1) is 5.92 Å². The lowest BCUT2D eigenvalue weighted by Gasteiger charge is -2.18. The maximum absolute atomic E-state index is 12.4. The summed E-state index contributed by atoms with van der Waals surface area (Å²) in [4.78, 5) is 0. The average Bonchev–Trinajstić information content (AvgIpc) is 2.18. The molecule has 0 bridgehead atoms. The highest BCUT2D eigenvalue weighted by atomic mass is 35.5. The van der Waals surface area contributed by atoms with Crippen molar-refractivity contribution in [1.82, 2.24) is 0 Å². The summed E-state index contributed by atoms with van der Waals surface area (Å²) in [5.41, 5.74) is 5.57. The van der Waals surface area contributed by atoms with Gasteiger partial charge in [-0.15, -0.1) is 0 Å². The smallest absolute Gasteiger partial charge is 0.330 e. The molecule has 0 saturated carbocycles. The molecule has 1 aromatic carbocycles. The molecule has 0 aliphatic rings. The third kappa shape index (κ3) is 3.54. The maximum Gasteiger partial charge on any atom is 0.393 e. The standard InChI is InChI=1S/C10H10Cl2F3N/c11-8-2-1-6(4-9(8)12)3-7(5-16)10(13,14)15/h1-2,4,7H,3,5,16H2. The maximum atomic E-state index is 12.4. The van der Waals surface area contributed by atoms with E-state index in [2.05, 4.69) is 0 Å². The summed E-state index contributed by atoms with van der Waals surface area (Å²) >= 11 is 11.4. The molecule has 90 valence electrons. The molecule has 0 radical (unpaired) electrons. The fourth-order valence-corrected chi connectivity index (χ4v) is 1.60. The Bertz CT molecular complexity index is 366. The summed E-state index contributed by atoms with van der Waals surface area (Å²) in [6.45, 7) is -0.441. The molecule has 2 N–H and O–H groups in total. The van der Waals surface area contributed by atoms with Gasteiger partial charge in [-0.25, -0.2) is 0 Å². The van der Waals surface area contributed by atoms with Gasteiger partial charge < -0.3 is 5.73 Å². The largest absolute Gasteiger partial charge is 0.393 e. The number of halogens is 5. The van der Waals surface area contributed by atoms with E-state index < -0.39 is 18.6 Å². The fourth-order valence-electron chi connectivity index (χ4n) is 1.28. The second-order valence-corrected chi connectivity index (χ2v) is 4.24. The van der Waals surface area contributed by atoms with E-state index in [0.29, 0.717) is 10.6 Å². The zero-order valence-electron chi connectivity index (χ0n) is 8.19. The lowest BCUT2D eigenvalue weighted by Crippen LogP contribution is -2.31. The van der Waals surface area contributed by atoms with Crippen molar-refractivity contribution in [2.45, 2.75) is 12.6 Å². The van der Waals surface area contributed by atoms with Crippen molar-refractivity contribution >= 4 is 23.2 Å². The minimum absolute atomic E-state index is 0.184. The van der Waals surface area contributed by atoms with E-state index in [9.17, 15) is 13.2 Å². The molecule has 16 heavy (non-hydrogen) atoms. The minimum Gasteiger partial charge on any atom is -0.330 e. The second-order valence-electron chi connectivity index (χ2n) is 3.43. The summed E-state index contributed by atoms with van der Waals surface area (Å²) in [7, 11) is 0. The Hall–Kier alpha value is -0.450. The molecule has 1 rings (SSSR count). The van der Waals surface area contributed by atoms with E-state index in [1.54, 1.807) is 0 Å². The van der Waals surface area contributed by atoms with Crippen LogP contribution in [0.5, 0.6) is 0 Å². The van der Waals surface area contributed by atoms with Gasteiger partial charge in [-0.2, -0.15) is 13.2 Å². The predicted octanol–water partition coefficient (Wildman–Crippen LogP) is 3.67. The van der Waals surface area contributed by atoms with Gasteiger partial charge in [0.05, 0.1) is 16.0 Å². The molecule has 0 amide bonds. The van der Waals surface area contributed by atoms with Gasteiger partial charge in [-0.05, 0) is 24.1 Å². The van der Waals surface area contributed by atoms with Crippen molar-refractivity contribution in [3.8, 4) is 0 Å². The number of alkyl halides is 3. The van der Waals surface area contributed by atoms with Crippen LogP contribution in [0.4, 0.5) is 13.2 Å². The first-order chi connectivity index (χ1) is 7.34. The number of rotatable bonds is 3. The van der Waals surface area contributed by atoms with E-state index >= 15 is 0 Å². The van der Waals surface area contributed by atoms with E-state index in [4.69, 9.17) is 28.9 Å². The molecule has 1 unspecified atom stereocenters. The Morgan fingerprint density at radius 1 is 1.19 bits per heavy atom. The van der Waals surface area contributed by atoms with Gasteiger partial charge in [0.25, 0.3) is 0 Å². The van der Waals surface area contributed by atoms with Crippen LogP contribution in [-0.2, 0) is 6.42 Å². The van der Waals surface area contributed by atoms with Gasteiger partial charge in [0.15, 0.2) is 0 Å². The molecule has 0 spiro atoms. The normalized spacial score (nSPS) is 13.9. The number of hydrogen-bond donors (Lipinski definition) is 1. The van der Waals surface area contributed by atoms with E-state index in [1.165, 1.54) is 18.2 Å². The highest BCUT2D eigenvalue weighted by Crippen LogP contribution is 2.30. The summed E-state index contributed by atoms with van der Waals surface area (Å²) in [5.74, 6) is -1.55. The van der Waals surface area contributed by atoms with Crippen molar-refractivity contribution in [1.29, 1.82) is 0 Å². The van der Waals surface area contributed by atoms with Gasteiger partial charge in [-0.3, -0.25) is 0 Å². The summed E-state index contributed by atoms with van der Waals surface area (Å²) in [6.07, 6.45) is -4.47. The third-order valence-corrected chi connectivity index (χ3v) is 2.95. The Balaban J connectivity index is 2.83. The quantitative estimate of drug-likeness (QED) is 0.892. The lowest BCUT2D eigenvalue weighted by molar-refractivity contribution is -0.171. The molecule has 1 nitrogen and oxygen atoms in total. The predicted molar refractivity (Wildman–Crippen MR) is 58.8 cm³/mol. The number of hydrogen-bond acceptors (Lipinski definition) is 1. The number of benzene rings is 1. The van der Waals surface area contributed by atoms with Crippen LogP contribution in [0.2, 0.25) is 10.0 Å². The molecule has 0 saturated heterocycles. The first-order valence-corrected chi connectivity index (χ1v) is 5.31. The van der Waals surface area contributed by atoms with Crippen LogP contribution in [0.15, 0.2) is 18.2 Å². The molecule has 0 aliphatic heterocycles. The van der Waals surface area contributed by atoms with Gasteiger partial charge in [0.2, 0.25) is 0 Å². The Morgan fingerprint density at radius 3 is 2.25 bits per heavy atom. The molecule has 0 heterocycles. The summed E-state index contributed by atoms with van der Waals surface area (Å²) in [6, 6.07) is 4.42. The molecule has 1 aromatic rings. The Labute approximate surface area is 101 Å². The van der Waals surface area contributed by atoms with Gasteiger partial charge in [-0.1, -0.05) is 29.3 Å². The van der Waals surface area contributed by atoms with Crippen molar-refractivity contribution in [3.63, 3.8) is 0 Å². The first-order valence-electron chi connectivity index (χ1n) is 4.55. The second kappa shape index (κ2) is 5.25.